The number of nitrogens with one attached hydrogen (secondary N) is 2. The Morgan fingerprint density at radius 3 is 2.74 bits per heavy atom. The number of halogens is 2. The Kier molecular flexibility index (Phi) is 5.25. The van der Waals surface area contributed by atoms with Crippen LogP contribution in [0.25, 0.3) is 0 Å². The van der Waals surface area contributed by atoms with Crippen molar-refractivity contribution in [2.24, 2.45) is 5.92 Å². The average Bonchev–Trinajstić information content (AvgIpc) is 3.42. The summed E-state index contributed by atoms with van der Waals surface area (Å²) in [5.74, 6) is -1.88. The first-order valence-corrected chi connectivity index (χ1v) is 8.87. The summed E-state index contributed by atoms with van der Waals surface area (Å²) < 4.78 is 4.82. The molecule has 1 aromatic heterocycles. The lowest BCUT2D eigenvalue weighted by Gasteiger charge is -2.20. The summed E-state index contributed by atoms with van der Waals surface area (Å²) in [6.07, 6.45) is 2.99. The summed E-state index contributed by atoms with van der Waals surface area (Å²) in [6, 6.07) is 0.750. The molecule has 0 unspecified atom stereocenters. The third-order valence-corrected chi connectivity index (χ3v) is 4.91. The lowest BCUT2D eigenvalue weighted by molar-refractivity contribution is -0.150. The Balaban J connectivity index is 1.50. The first kappa shape index (κ1) is 19.4. The van der Waals surface area contributed by atoms with Gasteiger partial charge in [-0.25, -0.2) is 9.78 Å². The van der Waals surface area contributed by atoms with Crippen LogP contribution in [0.4, 0.5) is 10.6 Å². The van der Waals surface area contributed by atoms with Crippen molar-refractivity contribution in [3.05, 3.63) is 22.3 Å². The molecule has 2 heterocycles. The van der Waals surface area contributed by atoms with Gasteiger partial charge in [0, 0.05) is 6.20 Å². The summed E-state index contributed by atoms with van der Waals surface area (Å²) >= 11 is 11.6. The number of nitrogens with zero attached hydrogens (tertiary/aromatic N) is 2. The van der Waals surface area contributed by atoms with Crippen LogP contribution in [0.15, 0.2) is 12.3 Å². The van der Waals surface area contributed by atoms with Crippen LogP contribution in [0.3, 0.4) is 0 Å². The minimum Gasteiger partial charge on any atom is -0.454 e. The van der Waals surface area contributed by atoms with Gasteiger partial charge in [0.15, 0.2) is 12.4 Å². The highest BCUT2D eigenvalue weighted by atomic mass is 35.5. The third kappa shape index (κ3) is 4.14. The number of carbonyl (C=O) groups is 4. The smallest absolute Gasteiger partial charge is 0.326 e. The molecular weight excluding hydrogens is 399 g/mol. The SMILES string of the molecule is C[C@]1(C2CC2)NC(=O)N(CC(=O)OCC(=O)Nc2ncc(Cl)cc2Cl)C1=O. The maximum Gasteiger partial charge on any atom is 0.326 e. The second-order valence-corrected chi connectivity index (χ2v) is 7.33. The summed E-state index contributed by atoms with van der Waals surface area (Å²) in [4.78, 5) is 52.8. The molecule has 144 valence electrons. The van der Waals surface area contributed by atoms with E-state index in [-0.39, 0.29) is 16.8 Å². The zero-order valence-electron chi connectivity index (χ0n) is 14.3. The third-order valence-electron chi connectivity index (χ3n) is 4.41. The van der Waals surface area contributed by atoms with Crippen molar-refractivity contribution < 1.29 is 23.9 Å². The Morgan fingerprint density at radius 2 is 2.11 bits per heavy atom. The van der Waals surface area contributed by atoms with Gasteiger partial charge >= 0.3 is 12.0 Å². The second-order valence-electron chi connectivity index (χ2n) is 6.49. The first-order valence-electron chi connectivity index (χ1n) is 8.11. The fraction of sp³-hybridized carbons (Fsp3) is 0.438. The Morgan fingerprint density at radius 1 is 1.41 bits per heavy atom. The van der Waals surface area contributed by atoms with E-state index in [0.29, 0.717) is 5.02 Å². The van der Waals surface area contributed by atoms with E-state index in [2.05, 4.69) is 15.6 Å². The van der Waals surface area contributed by atoms with Gasteiger partial charge in [0.05, 0.1) is 10.0 Å². The van der Waals surface area contributed by atoms with E-state index >= 15 is 0 Å². The molecule has 1 aliphatic carbocycles. The summed E-state index contributed by atoms with van der Waals surface area (Å²) in [6.45, 7) is 0.454. The number of pyridine rings is 1. The van der Waals surface area contributed by atoms with Gasteiger partial charge in [-0.2, -0.15) is 0 Å². The van der Waals surface area contributed by atoms with Crippen LogP contribution in [0, 0.1) is 5.92 Å². The minimum atomic E-state index is -0.980. The van der Waals surface area contributed by atoms with E-state index < -0.39 is 42.5 Å². The molecule has 1 saturated carbocycles. The number of hydrogen-bond donors (Lipinski definition) is 2. The van der Waals surface area contributed by atoms with Gasteiger partial charge in [-0.15, -0.1) is 0 Å². The van der Waals surface area contributed by atoms with Crippen molar-refractivity contribution in [1.82, 2.24) is 15.2 Å². The number of hydrogen-bond acceptors (Lipinski definition) is 6. The van der Waals surface area contributed by atoms with E-state index in [4.69, 9.17) is 27.9 Å². The largest absolute Gasteiger partial charge is 0.454 e. The molecule has 1 saturated heterocycles. The van der Waals surface area contributed by atoms with Gasteiger partial charge in [-0.05, 0) is 31.7 Å². The number of anilines is 1. The van der Waals surface area contributed by atoms with Gasteiger partial charge in [0.2, 0.25) is 0 Å². The Hall–Kier alpha value is -2.39. The van der Waals surface area contributed by atoms with Crippen LogP contribution < -0.4 is 10.6 Å². The molecule has 2 N–H and O–H groups in total. The van der Waals surface area contributed by atoms with E-state index in [9.17, 15) is 19.2 Å². The standard InChI is InChI=1S/C16H16Cl2N4O5/c1-16(8-2-3-8)14(25)22(15(26)21-16)6-12(24)27-7-11(23)20-13-10(18)4-9(17)5-19-13/h4-5,8H,2-3,6-7H2,1H3,(H,21,26)(H,19,20,23)/t16-/m1/s1. The molecule has 9 nitrogen and oxygen atoms in total. The fourth-order valence-electron chi connectivity index (χ4n) is 2.79. The van der Waals surface area contributed by atoms with Crippen LogP contribution in [0.1, 0.15) is 19.8 Å². The highest BCUT2D eigenvalue weighted by molar-refractivity contribution is 6.36. The van der Waals surface area contributed by atoms with Crippen LogP contribution >= 0.6 is 23.2 Å². The fourth-order valence-corrected chi connectivity index (χ4v) is 3.22. The monoisotopic (exact) mass is 414 g/mol. The molecule has 3 rings (SSSR count). The molecule has 1 atom stereocenters. The van der Waals surface area contributed by atoms with Crippen molar-refractivity contribution in [1.29, 1.82) is 0 Å². The maximum absolute atomic E-state index is 12.4. The number of aromatic nitrogens is 1. The van der Waals surface area contributed by atoms with Crippen molar-refractivity contribution in [2.45, 2.75) is 25.3 Å². The van der Waals surface area contributed by atoms with Crippen LogP contribution in [-0.4, -0.2) is 52.4 Å². The summed E-state index contributed by atoms with van der Waals surface area (Å²) in [7, 11) is 0. The van der Waals surface area contributed by atoms with Crippen LogP contribution in [0.2, 0.25) is 10.0 Å². The maximum atomic E-state index is 12.4. The lowest BCUT2D eigenvalue weighted by atomic mass is 9.96. The Labute approximate surface area is 164 Å². The van der Waals surface area contributed by atoms with Crippen molar-refractivity contribution in [3.8, 4) is 0 Å². The van der Waals surface area contributed by atoms with Gasteiger partial charge in [0.25, 0.3) is 11.8 Å². The van der Waals surface area contributed by atoms with Crippen molar-refractivity contribution in [3.63, 3.8) is 0 Å². The number of urea groups is 1. The number of esters is 1. The number of ether oxygens (including phenoxy) is 1. The minimum absolute atomic E-state index is 0.0661. The zero-order chi connectivity index (χ0) is 19.8. The predicted molar refractivity (Wildman–Crippen MR) is 95.2 cm³/mol. The van der Waals surface area contributed by atoms with Crippen molar-refractivity contribution in [2.75, 3.05) is 18.5 Å². The highest BCUT2D eigenvalue weighted by Crippen LogP contribution is 2.42. The summed E-state index contributed by atoms with van der Waals surface area (Å²) in [5.41, 5.74) is -0.980. The van der Waals surface area contributed by atoms with Gasteiger partial charge in [0.1, 0.15) is 12.1 Å². The van der Waals surface area contributed by atoms with Crippen LogP contribution in [-0.2, 0) is 19.1 Å². The molecule has 1 aromatic rings. The molecule has 0 radical (unpaired) electrons. The highest BCUT2D eigenvalue weighted by Gasteiger charge is 2.56. The van der Waals surface area contributed by atoms with Gasteiger partial charge < -0.3 is 15.4 Å². The molecular formula is C16H16Cl2N4O5. The number of rotatable bonds is 6. The topological polar surface area (TPSA) is 118 Å². The lowest BCUT2D eigenvalue weighted by Crippen LogP contribution is -2.46. The average molecular weight is 415 g/mol. The van der Waals surface area contributed by atoms with Gasteiger partial charge in [-0.1, -0.05) is 23.2 Å². The molecule has 2 aliphatic rings. The molecule has 4 amide bonds. The molecule has 1 aliphatic heterocycles. The summed E-state index contributed by atoms with van der Waals surface area (Å²) in [5, 5.41) is 5.41. The quantitative estimate of drug-likeness (QED) is 0.538. The van der Waals surface area contributed by atoms with E-state index in [0.717, 1.165) is 17.7 Å². The molecule has 27 heavy (non-hydrogen) atoms. The normalized spacial score (nSPS) is 21.8. The van der Waals surface area contributed by atoms with Crippen molar-refractivity contribution >= 4 is 52.8 Å². The molecule has 0 spiro atoms. The van der Waals surface area contributed by atoms with Gasteiger partial charge in [-0.3, -0.25) is 19.3 Å². The van der Waals surface area contributed by atoms with Crippen LogP contribution in [0.5, 0.6) is 0 Å². The number of imide groups is 1. The molecule has 0 aromatic carbocycles. The second kappa shape index (κ2) is 7.32. The first-order chi connectivity index (χ1) is 12.7. The predicted octanol–water partition coefficient (Wildman–Crippen LogP) is 1.59. The zero-order valence-corrected chi connectivity index (χ0v) is 15.8. The molecule has 11 heteroatoms. The van der Waals surface area contributed by atoms with E-state index in [1.807, 2.05) is 0 Å². The molecule has 2 fully saturated rings. The van der Waals surface area contributed by atoms with E-state index in [1.54, 1.807) is 6.92 Å². The van der Waals surface area contributed by atoms with E-state index in [1.165, 1.54) is 12.3 Å². The number of amides is 4. The number of carbonyl (C=O) groups excluding carboxylic acids is 4. The Bertz CT molecular complexity index is 829. The molecule has 0 bridgehead atoms.